The van der Waals surface area contributed by atoms with Crippen LogP contribution in [0.2, 0.25) is 0 Å². The zero-order valence-corrected chi connectivity index (χ0v) is 10.7. The summed E-state index contributed by atoms with van der Waals surface area (Å²) in [6.45, 7) is 2.11. The Morgan fingerprint density at radius 2 is 1.89 bits per heavy atom. The number of nitrogens with one attached hydrogen (secondary N) is 1. The van der Waals surface area contributed by atoms with Crippen LogP contribution in [-0.4, -0.2) is 17.3 Å². The Morgan fingerprint density at radius 1 is 1.11 bits per heavy atom. The molecule has 0 radical (unpaired) electrons. The Morgan fingerprint density at radius 3 is 2.72 bits per heavy atom. The molecular weight excluding hydrogens is 226 g/mol. The van der Waals surface area contributed by atoms with E-state index in [1.165, 1.54) is 17.5 Å². The van der Waals surface area contributed by atoms with Crippen molar-refractivity contribution in [3.05, 3.63) is 29.3 Å². The number of hydrogen-bond acceptors (Lipinski definition) is 3. The summed E-state index contributed by atoms with van der Waals surface area (Å²) in [5, 5.41) is 13.8. The highest BCUT2D eigenvalue weighted by atomic mass is 16.5. The molecule has 1 aliphatic carbocycles. The lowest BCUT2D eigenvalue weighted by molar-refractivity contribution is 0.0167. The molecule has 0 unspecified atom stereocenters. The van der Waals surface area contributed by atoms with Gasteiger partial charge in [0.2, 0.25) is 0 Å². The standard InChI is InChI=1S/C15H21NO2/c17-15(6-2-1-3-7-15)11-16-14-5-4-12-9-18-10-13(12)8-14/h4-5,8,16-17H,1-3,6-7,9-11H2. The van der Waals surface area contributed by atoms with Crippen LogP contribution in [0.3, 0.4) is 0 Å². The lowest BCUT2D eigenvalue weighted by atomic mass is 9.85. The van der Waals surface area contributed by atoms with Gasteiger partial charge in [0.15, 0.2) is 0 Å². The van der Waals surface area contributed by atoms with Crippen LogP contribution >= 0.6 is 0 Å². The summed E-state index contributed by atoms with van der Waals surface area (Å²) in [6, 6.07) is 6.35. The number of hydrogen-bond donors (Lipinski definition) is 2. The van der Waals surface area contributed by atoms with Gasteiger partial charge < -0.3 is 15.2 Å². The molecule has 0 atom stereocenters. The van der Waals surface area contributed by atoms with Crippen molar-refractivity contribution in [2.45, 2.75) is 50.9 Å². The van der Waals surface area contributed by atoms with E-state index in [-0.39, 0.29) is 0 Å². The number of aliphatic hydroxyl groups is 1. The molecule has 0 spiro atoms. The summed E-state index contributed by atoms with van der Waals surface area (Å²) in [4.78, 5) is 0. The number of ether oxygens (including phenoxy) is 1. The number of rotatable bonds is 3. The maximum Gasteiger partial charge on any atom is 0.0819 e. The van der Waals surface area contributed by atoms with Crippen molar-refractivity contribution in [1.29, 1.82) is 0 Å². The monoisotopic (exact) mass is 247 g/mol. The molecule has 1 aromatic rings. The maximum absolute atomic E-state index is 10.4. The van der Waals surface area contributed by atoms with Crippen molar-refractivity contribution in [3.8, 4) is 0 Å². The normalized spacial score (nSPS) is 21.6. The van der Waals surface area contributed by atoms with E-state index in [0.717, 1.165) is 44.6 Å². The van der Waals surface area contributed by atoms with Gasteiger partial charge in [0.25, 0.3) is 0 Å². The summed E-state index contributed by atoms with van der Waals surface area (Å²) in [6.07, 6.45) is 5.41. The molecule has 3 rings (SSSR count). The van der Waals surface area contributed by atoms with Crippen LogP contribution in [0, 0.1) is 0 Å². The van der Waals surface area contributed by atoms with Crippen molar-refractivity contribution < 1.29 is 9.84 Å². The van der Waals surface area contributed by atoms with Gasteiger partial charge in [-0.15, -0.1) is 0 Å². The zero-order valence-electron chi connectivity index (χ0n) is 10.7. The first-order valence-corrected chi connectivity index (χ1v) is 6.91. The van der Waals surface area contributed by atoms with Crippen LogP contribution in [0.5, 0.6) is 0 Å². The van der Waals surface area contributed by atoms with Gasteiger partial charge in [-0.2, -0.15) is 0 Å². The van der Waals surface area contributed by atoms with Crippen molar-refractivity contribution in [1.82, 2.24) is 0 Å². The predicted molar refractivity (Wildman–Crippen MR) is 71.5 cm³/mol. The van der Waals surface area contributed by atoms with Gasteiger partial charge in [0, 0.05) is 12.2 Å². The Labute approximate surface area is 108 Å². The van der Waals surface area contributed by atoms with Crippen LogP contribution in [0.1, 0.15) is 43.2 Å². The first-order chi connectivity index (χ1) is 8.75. The summed E-state index contributed by atoms with van der Waals surface area (Å²) >= 11 is 0. The van der Waals surface area contributed by atoms with Gasteiger partial charge in [0.1, 0.15) is 0 Å². The minimum absolute atomic E-state index is 0.506. The number of anilines is 1. The third kappa shape index (κ3) is 2.52. The van der Waals surface area contributed by atoms with Crippen molar-refractivity contribution >= 4 is 5.69 Å². The second-order valence-corrected chi connectivity index (χ2v) is 5.61. The van der Waals surface area contributed by atoms with Crippen LogP contribution in [-0.2, 0) is 18.0 Å². The molecule has 2 aliphatic rings. The third-order valence-electron chi connectivity index (χ3n) is 4.13. The molecule has 0 saturated heterocycles. The maximum atomic E-state index is 10.4. The van der Waals surface area contributed by atoms with E-state index < -0.39 is 5.60 Å². The van der Waals surface area contributed by atoms with Crippen LogP contribution in [0.25, 0.3) is 0 Å². The lowest BCUT2D eigenvalue weighted by Gasteiger charge is -2.32. The van der Waals surface area contributed by atoms with Crippen LogP contribution in [0.15, 0.2) is 18.2 Å². The van der Waals surface area contributed by atoms with E-state index in [1.807, 2.05) is 0 Å². The average molecular weight is 247 g/mol. The first-order valence-electron chi connectivity index (χ1n) is 6.91. The summed E-state index contributed by atoms with van der Waals surface area (Å²) < 4.78 is 5.41. The van der Waals surface area contributed by atoms with Gasteiger partial charge in [-0.1, -0.05) is 25.3 Å². The SMILES string of the molecule is OC1(CNc2ccc3c(c2)COC3)CCCCC1. The topological polar surface area (TPSA) is 41.5 Å². The molecule has 98 valence electrons. The predicted octanol–water partition coefficient (Wildman–Crippen LogP) is 2.82. The second-order valence-electron chi connectivity index (χ2n) is 5.61. The Kier molecular flexibility index (Phi) is 3.27. The molecule has 1 saturated carbocycles. The van der Waals surface area contributed by atoms with E-state index >= 15 is 0 Å². The molecule has 2 N–H and O–H groups in total. The molecule has 1 aliphatic heterocycles. The summed E-state index contributed by atoms with van der Waals surface area (Å²) in [7, 11) is 0. The van der Waals surface area contributed by atoms with Gasteiger partial charge >= 0.3 is 0 Å². The third-order valence-corrected chi connectivity index (χ3v) is 4.13. The molecule has 1 heterocycles. The minimum atomic E-state index is -0.506. The second kappa shape index (κ2) is 4.90. The van der Waals surface area contributed by atoms with Gasteiger partial charge in [-0.05, 0) is 36.1 Å². The van der Waals surface area contributed by atoms with Crippen molar-refractivity contribution in [3.63, 3.8) is 0 Å². The zero-order chi connectivity index (χ0) is 12.4. The Bertz CT molecular complexity index is 425. The largest absolute Gasteiger partial charge is 0.388 e. The number of fused-ring (bicyclic) bond motifs is 1. The fourth-order valence-corrected chi connectivity index (χ4v) is 2.94. The summed E-state index contributed by atoms with van der Waals surface area (Å²) in [5.74, 6) is 0. The highest BCUT2D eigenvalue weighted by molar-refractivity contribution is 5.49. The Hall–Kier alpha value is -1.06. The van der Waals surface area contributed by atoms with Crippen molar-refractivity contribution in [2.75, 3.05) is 11.9 Å². The first kappa shape index (κ1) is 12.0. The quantitative estimate of drug-likeness (QED) is 0.863. The fourth-order valence-electron chi connectivity index (χ4n) is 2.94. The smallest absolute Gasteiger partial charge is 0.0819 e. The van der Waals surface area contributed by atoms with Crippen LogP contribution in [0.4, 0.5) is 5.69 Å². The number of benzene rings is 1. The molecule has 1 aromatic carbocycles. The fraction of sp³-hybridized carbons (Fsp3) is 0.600. The minimum Gasteiger partial charge on any atom is -0.388 e. The van der Waals surface area contributed by atoms with Gasteiger partial charge in [-0.25, -0.2) is 0 Å². The Balaban J connectivity index is 1.62. The molecule has 3 heteroatoms. The van der Waals surface area contributed by atoms with E-state index in [9.17, 15) is 5.11 Å². The van der Waals surface area contributed by atoms with Crippen molar-refractivity contribution in [2.24, 2.45) is 0 Å². The van der Waals surface area contributed by atoms with E-state index in [0.29, 0.717) is 6.54 Å². The molecular formula is C15H21NO2. The average Bonchev–Trinajstić information content (AvgIpc) is 2.85. The molecule has 0 amide bonds. The van der Waals surface area contributed by atoms with E-state index in [1.54, 1.807) is 0 Å². The molecule has 3 nitrogen and oxygen atoms in total. The van der Waals surface area contributed by atoms with E-state index in [2.05, 4.69) is 23.5 Å². The molecule has 0 aromatic heterocycles. The van der Waals surface area contributed by atoms with Crippen LogP contribution < -0.4 is 5.32 Å². The van der Waals surface area contributed by atoms with E-state index in [4.69, 9.17) is 4.74 Å². The highest BCUT2D eigenvalue weighted by Gasteiger charge is 2.28. The molecule has 0 bridgehead atoms. The van der Waals surface area contributed by atoms with Gasteiger partial charge in [-0.3, -0.25) is 0 Å². The van der Waals surface area contributed by atoms with Gasteiger partial charge in [0.05, 0.1) is 18.8 Å². The summed E-state index contributed by atoms with van der Waals surface area (Å²) in [5.41, 5.74) is 3.15. The lowest BCUT2D eigenvalue weighted by Crippen LogP contribution is -2.38. The highest BCUT2D eigenvalue weighted by Crippen LogP contribution is 2.29. The molecule has 1 fully saturated rings. The molecule has 18 heavy (non-hydrogen) atoms.